The molecule has 1 saturated carbocycles. The second kappa shape index (κ2) is 14.6. The fourth-order valence-corrected chi connectivity index (χ4v) is 8.07. The van der Waals surface area contributed by atoms with Crippen molar-refractivity contribution in [3.63, 3.8) is 0 Å². The van der Waals surface area contributed by atoms with Gasteiger partial charge in [-0.3, -0.25) is 14.4 Å². The van der Waals surface area contributed by atoms with Gasteiger partial charge in [0.05, 0.1) is 17.3 Å². The highest BCUT2D eigenvalue weighted by Crippen LogP contribution is 2.54. The highest BCUT2D eigenvalue weighted by molar-refractivity contribution is 6.15. The van der Waals surface area contributed by atoms with Crippen LogP contribution in [0.1, 0.15) is 46.9 Å². The Labute approximate surface area is 292 Å². The number of rotatable bonds is 10. The fraction of sp³-hybridized carbons (Fsp3) is 0.325. The van der Waals surface area contributed by atoms with Crippen LogP contribution in [0.4, 0.5) is 20.2 Å². The lowest BCUT2D eigenvalue weighted by Gasteiger charge is -2.46. The summed E-state index contributed by atoms with van der Waals surface area (Å²) >= 11 is 0. The first-order valence-corrected chi connectivity index (χ1v) is 16.4. The van der Waals surface area contributed by atoms with E-state index in [-0.39, 0.29) is 48.7 Å². The molecular weight excluding hydrogens is 644 g/mol. The summed E-state index contributed by atoms with van der Waals surface area (Å²) < 4.78 is 31.9. The van der Waals surface area contributed by atoms with Crippen LogP contribution in [0.2, 0.25) is 0 Å². The number of anilines is 2. The summed E-state index contributed by atoms with van der Waals surface area (Å²) in [7, 11) is 7.41. The van der Waals surface area contributed by atoms with Crippen LogP contribution in [-0.2, 0) is 14.4 Å². The Kier molecular flexibility index (Phi) is 10.7. The van der Waals surface area contributed by atoms with Gasteiger partial charge in [0, 0.05) is 82.0 Å². The Morgan fingerprint density at radius 1 is 0.673 bits per heavy atom. The number of hydrogen-bond acceptors (Lipinski definition) is 6. The topological polar surface area (TPSA) is 69.7 Å². The predicted molar refractivity (Wildman–Crippen MR) is 192 cm³/mol. The molecule has 1 heterocycles. The lowest BCUT2D eigenvalue weighted by atomic mass is 9.53. The van der Waals surface area contributed by atoms with Crippen LogP contribution in [0, 0.1) is 28.9 Å². The molecule has 4 aromatic rings. The molecule has 0 spiro atoms. The number of nitrogens with zero attached hydrogens (tertiary/aromatic N) is 2. The number of ketones is 3. The Morgan fingerprint density at radius 2 is 1.08 bits per heavy atom. The second-order valence-electron chi connectivity index (χ2n) is 13.4. The zero-order valence-electron chi connectivity index (χ0n) is 28.2. The van der Waals surface area contributed by atoms with Gasteiger partial charge in [-0.25, -0.2) is 8.78 Å². The maximum absolute atomic E-state index is 16.0. The van der Waals surface area contributed by atoms with Crippen LogP contribution in [-0.4, -0.2) is 58.6 Å². The van der Waals surface area contributed by atoms with E-state index in [1.165, 1.54) is 12.1 Å². The summed E-state index contributed by atoms with van der Waals surface area (Å²) in [4.78, 5) is 48.9. The van der Waals surface area contributed by atoms with Crippen molar-refractivity contribution in [2.75, 3.05) is 51.1 Å². The maximum atomic E-state index is 16.0. The summed E-state index contributed by atoms with van der Waals surface area (Å²) in [5.74, 6) is -5.70. The van der Waals surface area contributed by atoms with Crippen LogP contribution in [0.25, 0.3) is 0 Å². The van der Waals surface area contributed by atoms with E-state index in [0.29, 0.717) is 29.0 Å². The molecule has 0 amide bonds. The molecule has 9 heteroatoms. The molecule has 256 valence electrons. The molecule has 4 aromatic carbocycles. The van der Waals surface area contributed by atoms with Crippen LogP contribution >= 0.6 is 12.4 Å². The molecule has 1 saturated heterocycles. The van der Waals surface area contributed by atoms with E-state index >= 15 is 18.4 Å². The third-order valence-corrected chi connectivity index (χ3v) is 10.3. The molecule has 6 rings (SSSR count). The molecule has 2 aliphatic rings. The SMILES string of the molecule is CN(C)c1ccccc1C(C(=O)C1(C(=O)C(c2ccccc2F)c2ccccc2N(C)C)CCC(=O)[C@H]2CNC[C@H]21)c1ccccc1F.Cl. The van der Waals surface area contributed by atoms with E-state index in [0.717, 1.165) is 0 Å². The Morgan fingerprint density at radius 3 is 1.51 bits per heavy atom. The van der Waals surface area contributed by atoms with Gasteiger partial charge < -0.3 is 15.1 Å². The molecule has 1 N–H and O–H groups in total. The summed E-state index contributed by atoms with van der Waals surface area (Å²) in [6.45, 7) is 0.593. The van der Waals surface area contributed by atoms with E-state index in [4.69, 9.17) is 0 Å². The first kappa shape index (κ1) is 35.9. The highest BCUT2D eigenvalue weighted by Gasteiger charge is 2.62. The van der Waals surface area contributed by atoms with E-state index in [1.54, 1.807) is 60.7 Å². The lowest BCUT2D eigenvalue weighted by molar-refractivity contribution is -0.152. The number of Topliss-reactive ketones (excluding diaryl/α,β-unsaturated/α-hetero) is 3. The van der Waals surface area contributed by atoms with Gasteiger partial charge in [0.15, 0.2) is 11.6 Å². The molecule has 6 nitrogen and oxygen atoms in total. The number of carbonyl (C=O) groups excluding carboxylic acids is 3. The molecule has 1 aliphatic carbocycles. The summed E-state index contributed by atoms with van der Waals surface area (Å²) in [6.07, 6.45) is -0.0323. The third kappa shape index (κ3) is 6.28. The minimum atomic E-state index is -1.75. The van der Waals surface area contributed by atoms with Crippen molar-refractivity contribution in [1.29, 1.82) is 0 Å². The number of benzene rings is 4. The van der Waals surface area contributed by atoms with Gasteiger partial charge in [-0.15, -0.1) is 12.4 Å². The van der Waals surface area contributed by atoms with Crippen molar-refractivity contribution in [2.45, 2.75) is 24.7 Å². The largest absolute Gasteiger partial charge is 0.377 e. The number of para-hydroxylation sites is 2. The molecular formula is C40H42ClF2N3O3. The number of carbonyl (C=O) groups is 3. The van der Waals surface area contributed by atoms with Gasteiger partial charge >= 0.3 is 0 Å². The van der Waals surface area contributed by atoms with Crippen molar-refractivity contribution < 1.29 is 23.2 Å². The molecule has 2 unspecified atom stereocenters. The van der Waals surface area contributed by atoms with Crippen molar-refractivity contribution in [2.24, 2.45) is 17.3 Å². The lowest BCUT2D eigenvalue weighted by Crippen LogP contribution is -2.56. The van der Waals surface area contributed by atoms with Crippen molar-refractivity contribution >= 4 is 41.1 Å². The molecule has 0 bridgehead atoms. The van der Waals surface area contributed by atoms with Crippen LogP contribution < -0.4 is 15.1 Å². The Balaban J connectivity index is 0.00000468. The molecule has 1 aliphatic heterocycles. The predicted octanol–water partition coefficient (Wildman–Crippen LogP) is 6.81. The molecule has 4 atom stereocenters. The minimum absolute atomic E-state index is 0. The third-order valence-electron chi connectivity index (χ3n) is 10.3. The fourth-order valence-electron chi connectivity index (χ4n) is 8.07. The average Bonchev–Trinajstić information content (AvgIpc) is 3.59. The summed E-state index contributed by atoms with van der Waals surface area (Å²) in [5, 5.41) is 3.29. The number of nitrogens with one attached hydrogen (secondary N) is 1. The second-order valence-corrected chi connectivity index (χ2v) is 13.4. The zero-order valence-corrected chi connectivity index (χ0v) is 29.0. The monoisotopic (exact) mass is 685 g/mol. The Bertz CT molecular complexity index is 1750. The van der Waals surface area contributed by atoms with E-state index in [2.05, 4.69) is 5.32 Å². The normalized spacial score (nSPS) is 21.2. The summed E-state index contributed by atoms with van der Waals surface area (Å²) in [6, 6.07) is 27.0. The van der Waals surface area contributed by atoms with Gasteiger partial charge in [-0.1, -0.05) is 72.8 Å². The van der Waals surface area contributed by atoms with Crippen molar-refractivity contribution in [1.82, 2.24) is 5.32 Å². The van der Waals surface area contributed by atoms with Crippen LogP contribution in [0.3, 0.4) is 0 Å². The van der Waals surface area contributed by atoms with Crippen molar-refractivity contribution in [3.8, 4) is 0 Å². The van der Waals surface area contributed by atoms with Crippen molar-refractivity contribution in [3.05, 3.63) is 131 Å². The van der Waals surface area contributed by atoms with E-state index in [1.807, 2.05) is 62.3 Å². The van der Waals surface area contributed by atoms with Crippen LogP contribution in [0.5, 0.6) is 0 Å². The number of fused-ring (bicyclic) bond motifs is 1. The molecule has 49 heavy (non-hydrogen) atoms. The molecule has 0 aromatic heterocycles. The first-order valence-electron chi connectivity index (χ1n) is 16.4. The maximum Gasteiger partial charge on any atom is 0.158 e. The van der Waals surface area contributed by atoms with Gasteiger partial charge in [-0.05, 0) is 41.8 Å². The summed E-state index contributed by atoms with van der Waals surface area (Å²) in [5.41, 5.74) is 1.08. The van der Waals surface area contributed by atoms with Gasteiger partial charge in [0.25, 0.3) is 0 Å². The quantitative estimate of drug-likeness (QED) is 0.185. The number of halogens is 3. The first-order chi connectivity index (χ1) is 23.1. The Hall–Kier alpha value is -4.40. The minimum Gasteiger partial charge on any atom is -0.377 e. The smallest absolute Gasteiger partial charge is 0.158 e. The zero-order chi connectivity index (χ0) is 34.2. The molecule has 0 radical (unpaired) electrons. The van der Waals surface area contributed by atoms with Gasteiger partial charge in [0.2, 0.25) is 0 Å². The average molecular weight is 686 g/mol. The van der Waals surface area contributed by atoms with Gasteiger partial charge in [0.1, 0.15) is 17.4 Å². The van der Waals surface area contributed by atoms with E-state index in [9.17, 15) is 4.79 Å². The molecule has 2 fully saturated rings. The number of hydrogen-bond donors (Lipinski definition) is 1. The highest BCUT2D eigenvalue weighted by atomic mass is 35.5. The van der Waals surface area contributed by atoms with E-state index < -0.39 is 52.3 Å². The van der Waals surface area contributed by atoms with Crippen LogP contribution in [0.15, 0.2) is 97.1 Å². The standard InChI is InChI=1S/C40H41F2N3O3.ClH/c1-44(2)33-19-11-7-15-27(33)36(25-13-5-9-17-31(25)41)38(47)40(22-21-35(46)29-23-43-24-30(29)40)39(48)37(26-14-6-10-18-32(26)42)28-16-8-12-20-34(28)45(3)4;/h5-20,29-30,36-37,43H,21-24H2,1-4H3;1H/t29-,30+,36?,37?,40?;/m0./s1. The van der Waals surface area contributed by atoms with Gasteiger partial charge in [-0.2, -0.15) is 0 Å².